The molecule has 0 saturated heterocycles. The fourth-order valence-corrected chi connectivity index (χ4v) is 1.71. The first-order valence-electron chi connectivity index (χ1n) is 8.59. The zero-order valence-electron chi connectivity index (χ0n) is 17.9. The Balaban J connectivity index is 0. The van der Waals surface area contributed by atoms with Gasteiger partial charge in [0.1, 0.15) is 47.2 Å². The van der Waals surface area contributed by atoms with Crippen molar-refractivity contribution in [2.45, 2.75) is 0 Å². The molecule has 0 aliphatic carbocycles. The van der Waals surface area contributed by atoms with Crippen LogP contribution in [0.3, 0.4) is 0 Å². The summed E-state index contributed by atoms with van der Waals surface area (Å²) in [6, 6.07) is 0. The van der Waals surface area contributed by atoms with Crippen LogP contribution in [0.2, 0.25) is 0 Å². The number of aliphatic hydroxyl groups excluding tert-OH is 6. The standard InChI is InChI=1S/C9H18N6O6.C3H6N6.CH2O.I3/c16-1-13(2-17)7-10-8(14(3-18)4-19)12-9(11-7)15(5-20)6-21;4-1-7-2(5)9-3(6)8-1;1-2;1-3-2/h16-21H,1-6H2;(H6,4,5,6,7,8,9);1H2;/q;;;-1. The van der Waals surface area contributed by atoms with Crippen LogP contribution in [0.15, 0.2) is 0 Å². The van der Waals surface area contributed by atoms with Gasteiger partial charge in [-0.15, -0.1) is 0 Å². The molecule has 0 aliphatic heterocycles. The van der Waals surface area contributed by atoms with Gasteiger partial charge in [0, 0.05) is 0 Å². The largest absolute Gasteiger partial charge is 0.376 e. The molecular formula is C13H26I3N12O7-. The Morgan fingerprint density at radius 2 is 0.743 bits per heavy atom. The molecule has 0 atom stereocenters. The number of carbonyl (C=O) groups excluding carboxylic acids is 1. The summed E-state index contributed by atoms with van der Waals surface area (Å²) in [4.78, 5) is 32.9. The van der Waals surface area contributed by atoms with Gasteiger partial charge in [-0.25, -0.2) is 0 Å². The zero-order valence-corrected chi connectivity index (χ0v) is 24.4. The van der Waals surface area contributed by atoms with Crippen molar-refractivity contribution in [3.63, 3.8) is 0 Å². The quantitative estimate of drug-likeness (QED) is 0.0837. The van der Waals surface area contributed by atoms with E-state index in [0.29, 0.717) is 13.3 Å². The predicted molar refractivity (Wildman–Crippen MR) is 138 cm³/mol. The van der Waals surface area contributed by atoms with Crippen LogP contribution in [0.25, 0.3) is 0 Å². The molecule has 22 heteroatoms. The molecule has 0 aromatic carbocycles. The number of rotatable bonds is 9. The molecule has 0 unspecified atom stereocenters. The molecule has 0 fully saturated rings. The Bertz CT molecular complexity index is 697. The van der Waals surface area contributed by atoms with E-state index in [2.05, 4.69) is 67.1 Å². The van der Waals surface area contributed by atoms with E-state index in [0.717, 1.165) is 14.7 Å². The maximum atomic E-state index is 9.11. The second-order valence-electron chi connectivity index (χ2n) is 5.17. The van der Waals surface area contributed by atoms with Crippen molar-refractivity contribution in [1.29, 1.82) is 0 Å². The molecule has 19 nitrogen and oxygen atoms in total. The van der Waals surface area contributed by atoms with E-state index < -0.39 is 40.4 Å². The minimum absolute atomic E-state index is 0.0417. The van der Waals surface area contributed by atoms with Crippen LogP contribution in [-0.4, -0.2) is 108 Å². The Morgan fingerprint density at radius 1 is 0.571 bits per heavy atom. The van der Waals surface area contributed by atoms with Gasteiger partial charge in [-0.1, -0.05) is 0 Å². The smallest absolute Gasteiger partial charge is 0.235 e. The van der Waals surface area contributed by atoms with Crippen molar-refractivity contribution in [1.82, 2.24) is 29.9 Å². The Morgan fingerprint density at radius 3 is 0.886 bits per heavy atom. The number of nitrogens with zero attached hydrogens (tertiary/aromatic N) is 9. The molecule has 0 amide bonds. The van der Waals surface area contributed by atoms with Gasteiger partial charge in [0.05, 0.1) is 0 Å². The van der Waals surface area contributed by atoms with Gasteiger partial charge in [0.2, 0.25) is 35.7 Å². The van der Waals surface area contributed by atoms with Crippen LogP contribution < -0.4 is 45.2 Å². The first kappa shape index (κ1) is 35.6. The summed E-state index contributed by atoms with van der Waals surface area (Å²) >= 11 is 5.30. The SMILES string of the molecule is C=O.I[I-]I.Nc1nc(N)nc(N)n1.OCN(CO)c1nc(N(CO)CO)nc(N(CO)CO)n1. The summed E-state index contributed by atoms with van der Waals surface area (Å²) in [6.07, 6.45) is 0. The topological polar surface area (TPSA) is 304 Å². The van der Waals surface area contributed by atoms with Crippen LogP contribution in [0.4, 0.5) is 35.7 Å². The monoisotopic (exact) mass is 843 g/mol. The number of aromatic nitrogens is 6. The summed E-state index contributed by atoms with van der Waals surface area (Å²) in [5, 5.41) is 54.6. The Kier molecular flexibility index (Phi) is 22.1. The average molecular weight is 843 g/mol. The van der Waals surface area contributed by atoms with Gasteiger partial charge in [-0.3, -0.25) is 14.7 Å². The first-order chi connectivity index (χ1) is 16.7. The fourth-order valence-electron chi connectivity index (χ4n) is 1.71. The molecule has 0 spiro atoms. The van der Waals surface area contributed by atoms with E-state index in [1.165, 1.54) is 0 Å². The van der Waals surface area contributed by atoms with Gasteiger partial charge < -0.3 is 52.6 Å². The maximum absolute atomic E-state index is 9.11. The molecule has 0 radical (unpaired) electrons. The normalized spacial score (nSPS) is 9.49. The summed E-state index contributed by atoms with van der Waals surface area (Å²) in [6.45, 7) is -1.61. The minimum Gasteiger partial charge on any atom is -0.376 e. The number of nitrogens with two attached hydrogens (primary N) is 3. The van der Waals surface area contributed by atoms with E-state index in [9.17, 15) is 0 Å². The van der Waals surface area contributed by atoms with Crippen molar-refractivity contribution in [3.8, 4) is 0 Å². The van der Waals surface area contributed by atoms with E-state index in [1.54, 1.807) is 0 Å². The predicted octanol–water partition coefficient (Wildman–Crippen LogP) is -6.80. The molecule has 35 heavy (non-hydrogen) atoms. The van der Waals surface area contributed by atoms with Gasteiger partial charge in [-0.2, -0.15) is 29.9 Å². The van der Waals surface area contributed by atoms with Crippen molar-refractivity contribution in [2.24, 2.45) is 0 Å². The second kappa shape index (κ2) is 21.7. The average Bonchev–Trinajstić information content (AvgIpc) is 2.83. The first-order valence-corrected chi connectivity index (χ1v) is 21.2. The number of anilines is 6. The Labute approximate surface area is 229 Å². The molecule has 2 aromatic heterocycles. The minimum atomic E-state index is -0.601. The van der Waals surface area contributed by atoms with Crippen molar-refractivity contribution < 1.29 is 48.7 Å². The van der Waals surface area contributed by atoms with Crippen molar-refractivity contribution in [3.05, 3.63) is 0 Å². The molecule has 0 saturated carbocycles. The van der Waals surface area contributed by atoms with Gasteiger partial charge in [0.15, 0.2) is 0 Å². The van der Waals surface area contributed by atoms with Crippen molar-refractivity contribution >= 4 is 79.7 Å². The van der Waals surface area contributed by atoms with E-state index in [4.69, 9.17) is 52.6 Å². The van der Waals surface area contributed by atoms with Crippen LogP contribution in [-0.2, 0) is 4.79 Å². The zero-order chi connectivity index (χ0) is 27.4. The van der Waals surface area contributed by atoms with Gasteiger partial charge in [0.25, 0.3) is 0 Å². The van der Waals surface area contributed by atoms with E-state index in [-0.39, 0.29) is 35.7 Å². The number of nitrogen functional groups attached to an aromatic ring is 3. The third-order valence-electron chi connectivity index (χ3n) is 3.16. The van der Waals surface area contributed by atoms with Crippen LogP contribution in [0, 0.1) is 0 Å². The summed E-state index contributed by atoms with van der Waals surface area (Å²) in [5.74, 6) is -0.378. The number of hydrogen-bond acceptors (Lipinski definition) is 19. The van der Waals surface area contributed by atoms with Gasteiger partial charge >= 0.3 is 50.5 Å². The number of aliphatic hydroxyl groups is 6. The maximum Gasteiger partial charge on any atom is 0.235 e. The molecular weight excluding hydrogens is 817 g/mol. The molecule has 202 valence electrons. The number of carbonyl (C=O) groups is 1. The molecule has 2 heterocycles. The number of hydrogen-bond donors (Lipinski definition) is 9. The molecule has 2 aromatic rings. The molecule has 2 rings (SSSR count). The van der Waals surface area contributed by atoms with Crippen LogP contribution >= 0.6 is 37.2 Å². The summed E-state index contributed by atoms with van der Waals surface area (Å²) in [7, 11) is 0. The van der Waals surface area contributed by atoms with Crippen molar-refractivity contribution in [2.75, 3.05) is 72.3 Å². The third-order valence-corrected chi connectivity index (χ3v) is 3.16. The second-order valence-corrected chi connectivity index (χ2v) is 21.4. The fraction of sp³-hybridized carbons (Fsp3) is 0.462. The summed E-state index contributed by atoms with van der Waals surface area (Å²) < 4.78 is 0. The summed E-state index contributed by atoms with van der Waals surface area (Å²) in [5.41, 5.74) is 15.4. The molecule has 0 aliphatic rings. The molecule has 12 N–H and O–H groups in total. The van der Waals surface area contributed by atoms with E-state index in [1.807, 2.05) is 6.79 Å². The van der Waals surface area contributed by atoms with Crippen LogP contribution in [0.5, 0.6) is 0 Å². The van der Waals surface area contributed by atoms with E-state index >= 15 is 0 Å². The Hall–Kier alpha value is -1.56. The van der Waals surface area contributed by atoms with Crippen LogP contribution in [0.1, 0.15) is 0 Å². The van der Waals surface area contributed by atoms with Gasteiger partial charge in [-0.05, 0) is 0 Å². The number of halogens is 3. The third kappa shape index (κ3) is 13.9. The molecule has 0 bridgehead atoms.